The molecule has 0 spiro atoms. The van der Waals surface area contributed by atoms with E-state index in [4.69, 9.17) is 11.6 Å². The van der Waals surface area contributed by atoms with E-state index in [1.54, 1.807) is 34.9 Å². The number of halogens is 1. The number of carbonyl (C=O) groups excluding carboxylic acids is 1. The highest BCUT2D eigenvalue weighted by Gasteiger charge is 2.27. The SMILES string of the molecule is CS(=O)(=O)NC(=O)c1c(-c2ccc[nH]c2=O)c2cc(Cl)ccc2n1Cc1ccc2c(c1)NCC2. The number of amides is 1. The summed E-state index contributed by atoms with van der Waals surface area (Å²) < 4.78 is 27.7. The number of nitrogens with one attached hydrogen (secondary N) is 3. The number of sulfonamides is 1. The first-order valence-corrected chi connectivity index (χ1v) is 12.9. The van der Waals surface area contributed by atoms with E-state index in [0.717, 1.165) is 30.5 Å². The molecule has 0 fully saturated rings. The van der Waals surface area contributed by atoms with Crippen LogP contribution in [-0.2, 0) is 23.0 Å². The summed E-state index contributed by atoms with van der Waals surface area (Å²) >= 11 is 6.29. The standard InChI is InChI=1S/C24H21ClN4O4S/c1-34(32,33)28-24(31)22-21(17-3-2-9-27-23(17)30)18-12-16(25)6-7-20(18)29(22)13-14-4-5-15-8-10-26-19(15)11-14/h2-7,9,11-12,26H,8,10,13H2,1H3,(H,27,30)(H,28,31). The van der Waals surface area contributed by atoms with Gasteiger partial charge in [-0.25, -0.2) is 13.1 Å². The number of fused-ring (bicyclic) bond motifs is 2. The number of anilines is 1. The molecule has 0 radical (unpaired) electrons. The van der Waals surface area contributed by atoms with Crippen LogP contribution < -0.4 is 15.6 Å². The van der Waals surface area contributed by atoms with E-state index in [-0.39, 0.29) is 17.8 Å². The molecule has 3 N–H and O–H groups in total. The molecule has 0 saturated heterocycles. The van der Waals surface area contributed by atoms with Crippen LogP contribution in [0.3, 0.4) is 0 Å². The quantitative estimate of drug-likeness (QED) is 0.392. The Morgan fingerprint density at radius 1 is 1.18 bits per heavy atom. The number of hydrogen-bond acceptors (Lipinski definition) is 5. The molecule has 1 aliphatic rings. The molecule has 0 atom stereocenters. The molecule has 8 nitrogen and oxygen atoms in total. The third kappa shape index (κ3) is 4.08. The molecule has 0 unspecified atom stereocenters. The van der Waals surface area contributed by atoms with Crippen LogP contribution in [0.2, 0.25) is 5.02 Å². The number of aromatic nitrogens is 2. The van der Waals surface area contributed by atoms with Crippen LogP contribution in [0.15, 0.2) is 59.5 Å². The highest BCUT2D eigenvalue weighted by Crippen LogP contribution is 2.36. The average Bonchev–Trinajstić information content (AvgIpc) is 3.35. The Balaban J connectivity index is 1.80. The molecule has 4 aromatic rings. The molecule has 2 aromatic heterocycles. The maximum Gasteiger partial charge on any atom is 0.282 e. The van der Waals surface area contributed by atoms with Gasteiger partial charge in [-0.2, -0.15) is 0 Å². The van der Waals surface area contributed by atoms with Gasteiger partial charge in [0.1, 0.15) is 5.69 Å². The van der Waals surface area contributed by atoms with Gasteiger partial charge >= 0.3 is 0 Å². The smallest absolute Gasteiger partial charge is 0.282 e. The van der Waals surface area contributed by atoms with Crippen molar-refractivity contribution in [2.24, 2.45) is 0 Å². The Kier molecular flexibility index (Phi) is 5.45. The molecule has 0 bridgehead atoms. The lowest BCUT2D eigenvalue weighted by Crippen LogP contribution is -2.31. The van der Waals surface area contributed by atoms with Crippen LogP contribution in [0.1, 0.15) is 21.6 Å². The molecule has 34 heavy (non-hydrogen) atoms. The van der Waals surface area contributed by atoms with Gasteiger partial charge in [-0.3, -0.25) is 9.59 Å². The minimum atomic E-state index is -3.86. The van der Waals surface area contributed by atoms with E-state index in [2.05, 4.69) is 15.0 Å². The first-order valence-electron chi connectivity index (χ1n) is 10.6. The largest absolute Gasteiger partial charge is 0.384 e. The Bertz CT molecular complexity index is 1620. The molecule has 5 rings (SSSR count). The van der Waals surface area contributed by atoms with Gasteiger partial charge in [0.05, 0.1) is 6.26 Å². The summed E-state index contributed by atoms with van der Waals surface area (Å²) in [5.74, 6) is -0.827. The molecule has 0 saturated carbocycles. The third-order valence-electron chi connectivity index (χ3n) is 5.83. The number of H-pyrrole nitrogens is 1. The fourth-order valence-electron chi connectivity index (χ4n) is 4.45. The number of benzene rings is 2. The molecule has 1 amide bonds. The average molecular weight is 497 g/mol. The van der Waals surface area contributed by atoms with E-state index in [1.165, 1.54) is 11.8 Å². The van der Waals surface area contributed by atoms with E-state index < -0.39 is 21.5 Å². The Morgan fingerprint density at radius 2 is 2.00 bits per heavy atom. The van der Waals surface area contributed by atoms with Crippen molar-refractivity contribution in [1.29, 1.82) is 0 Å². The topological polar surface area (TPSA) is 113 Å². The summed E-state index contributed by atoms with van der Waals surface area (Å²) in [5, 5.41) is 4.34. The van der Waals surface area contributed by atoms with Gasteiger partial charge in [0.15, 0.2) is 0 Å². The zero-order chi connectivity index (χ0) is 24.0. The molecule has 10 heteroatoms. The lowest BCUT2D eigenvalue weighted by Gasteiger charge is -2.13. The van der Waals surface area contributed by atoms with Crippen molar-refractivity contribution < 1.29 is 13.2 Å². The van der Waals surface area contributed by atoms with Crippen molar-refractivity contribution >= 4 is 44.1 Å². The van der Waals surface area contributed by atoms with Crippen LogP contribution in [-0.4, -0.2) is 36.7 Å². The van der Waals surface area contributed by atoms with Crippen molar-refractivity contribution in [3.63, 3.8) is 0 Å². The Hall–Kier alpha value is -3.56. The van der Waals surface area contributed by atoms with Gasteiger partial charge in [-0.1, -0.05) is 23.7 Å². The van der Waals surface area contributed by atoms with Crippen molar-refractivity contribution in [1.82, 2.24) is 14.3 Å². The van der Waals surface area contributed by atoms with E-state index in [9.17, 15) is 18.0 Å². The van der Waals surface area contributed by atoms with Gasteiger partial charge in [0.2, 0.25) is 10.0 Å². The van der Waals surface area contributed by atoms with Crippen molar-refractivity contribution in [2.45, 2.75) is 13.0 Å². The van der Waals surface area contributed by atoms with E-state index >= 15 is 0 Å². The predicted octanol–water partition coefficient (Wildman–Crippen LogP) is 3.36. The van der Waals surface area contributed by atoms with Crippen LogP contribution in [0, 0.1) is 0 Å². The van der Waals surface area contributed by atoms with E-state index in [0.29, 0.717) is 21.5 Å². The zero-order valence-electron chi connectivity index (χ0n) is 18.2. The van der Waals surface area contributed by atoms with E-state index in [1.807, 2.05) is 18.2 Å². The van der Waals surface area contributed by atoms with Gasteiger partial charge in [0, 0.05) is 52.0 Å². The zero-order valence-corrected chi connectivity index (χ0v) is 19.8. The van der Waals surface area contributed by atoms with Gasteiger partial charge in [0.25, 0.3) is 11.5 Å². The Labute approximate surface area is 200 Å². The van der Waals surface area contributed by atoms with Crippen molar-refractivity contribution in [3.05, 3.63) is 86.9 Å². The maximum absolute atomic E-state index is 13.3. The van der Waals surface area contributed by atoms with Crippen LogP contribution in [0.5, 0.6) is 0 Å². The minimum absolute atomic E-state index is 0.0628. The molecular formula is C24H21ClN4O4S. The normalized spacial score (nSPS) is 13.0. The van der Waals surface area contributed by atoms with Gasteiger partial charge in [-0.05, 0) is 53.9 Å². The molecule has 174 valence electrons. The lowest BCUT2D eigenvalue weighted by molar-refractivity contribution is 0.0974. The second-order valence-electron chi connectivity index (χ2n) is 8.26. The van der Waals surface area contributed by atoms with Gasteiger partial charge in [-0.15, -0.1) is 0 Å². The van der Waals surface area contributed by atoms with Crippen molar-refractivity contribution in [3.8, 4) is 11.1 Å². The summed E-state index contributed by atoms with van der Waals surface area (Å²) in [6, 6.07) is 14.4. The summed E-state index contributed by atoms with van der Waals surface area (Å²) in [6.07, 6.45) is 3.35. The molecule has 3 heterocycles. The molecule has 2 aromatic carbocycles. The summed E-state index contributed by atoms with van der Waals surface area (Å²) in [4.78, 5) is 28.7. The monoisotopic (exact) mass is 496 g/mol. The van der Waals surface area contributed by atoms with Gasteiger partial charge < -0.3 is 14.9 Å². The van der Waals surface area contributed by atoms with Crippen LogP contribution >= 0.6 is 11.6 Å². The predicted molar refractivity (Wildman–Crippen MR) is 133 cm³/mol. The number of nitrogens with zero attached hydrogens (tertiary/aromatic N) is 1. The highest BCUT2D eigenvalue weighted by atomic mass is 35.5. The molecular weight excluding hydrogens is 476 g/mol. The second-order valence-corrected chi connectivity index (χ2v) is 10.4. The third-order valence-corrected chi connectivity index (χ3v) is 6.62. The fraction of sp³-hybridized carbons (Fsp3) is 0.167. The number of pyridine rings is 1. The highest BCUT2D eigenvalue weighted by molar-refractivity contribution is 7.89. The number of hydrogen-bond donors (Lipinski definition) is 3. The summed E-state index contributed by atoms with van der Waals surface area (Å²) in [7, 11) is -3.86. The molecule has 1 aliphatic heterocycles. The minimum Gasteiger partial charge on any atom is -0.384 e. The number of rotatable bonds is 5. The summed E-state index contributed by atoms with van der Waals surface area (Å²) in [5.41, 5.74) is 4.04. The maximum atomic E-state index is 13.3. The number of carbonyl (C=O) groups is 1. The second kappa shape index (κ2) is 8.34. The first kappa shape index (κ1) is 22.2. The van der Waals surface area contributed by atoms with Crippen LogP contribution in [0.25, 0.3) is 22.0 Å². The fourth-order valence-corrected chi connectivity index (χ4v) is 5.06. The molecule has 0 aliphatic carbocycles. The van der Waals surface area contributed by atoms with Crippen molar-refractivity contribution in [2.75, 3.05) is 18.1 Å². The number of aromatic amines is 1. The van der Waals surface area contributed by atoms with Crippen LogP contribution in [0.4, 0.5) is 5.69 Å². The lowest BCUT2D eigenvalue weighted by atomic mass is 10.0. The first-order chi connectivity index (χ1) is 16.2. The Morgan fingerprint density at radius 3 is 2.76 bits per heavy atom. The summed E-state index contributed by atoms with van der Waals surface area (Å²) in [6.45, 7) is 1.15.